The van der Waals surface area contributed by atoms with Gasteiger partial charge in [0.15, 0.2) is 6.61 Å². The zero-order chi connectivity index (χ0) is 19.6. The summed E-state index contributed by atoms with van der Waals surface area (Å²) in [6.07, 6.45) is 0. The Kier molecular flexibility index (Phi) is 7.63. The van der Waals surface area contributed by atoms with Crippen LogP contribution in [0.4, 0.5) is 5.69 Å². The Hall–Kier alpha value is -3.06. The van der Waals surface area contributed by atoms with Crippen LogP contribution in [0.5, 0.6) is 5.75 Å². The number of carbonyl (C=O) groups excluding carboxylic acids is 3. The van der Waals surface area contributed by atoms with E-state index >= 15 is 0 Å². The van der Waals surface area contributed by atoms with E-state index in [0.29, 0.717) is 35.1 Å². The highest BCUT2D eigenvalue weighted by molar-refractivity contribution is 6.30. The molecule has 0 unspecified atom stereocenters. The molecule has 0 fully saturated rings. The number of benzene rings is 2. The third-order valence-electron chi connectivity index (χ3n) is 3.38. The molecule has 2 rings (SSSR count). The molecule has 3 N–H and O–H groups in total. The van der Waals surface area contributed by atoms with Crippen molar-refractivity contribution in [2.45, 2.75) is 6.92 Å². The Morgan fingerprint density at radius 1 is 1.00 bits per heavy atom. The second-order valence-corrected chi connectivity index (χ2v) is 6.05. The van der Waals surface area contributed by atoms with E-state index in [0.717, 1.165) is 0 Å². The Balaban J connectivity index is 1.78. The van der Waals surface area contributed by atoms with E-state index in [2.05, 4.69) is 16.0 Å². The van der Waals surface area contributed by atoms with Gasteiger partial charge in [0.2, 0.25) is 5.91 Å². The number of carbonyl (C=O) groups is 3. The fourth-order valence-electron chi connectivity index (χ4n) is 2.12. The number of rotatable bonds is 8. The van der Waals surface area contributed by atoms with E-state index in [4.69, 9.17) is 16.3 Å². The van der Waals surface area contributed by atoms with Crippen molar-refractivity contribution in [2.75, 3.05) is 25.0 Å². The van der Waals surface area contributed by atoms with Gasteiger partial charge in [0.05, 0.1) is 0 Å². The van der Waals surface area contributed by atoms with Gasteiger partial charge in [0.25, 0.3) is 11.8 Å². The number of amides is 3. The van der Waals surface area contributed by atoms with Crippen molar-refractivity contribution in [3.8, 4) is 5.75 Å². The van der Waals surface area contributed by atoms with Crippen molar-refractivity contribution in [3.63, 3.8) is 0 Å². The van der Waals surface area contributed by atoms with Crippen LogP contribution in [0.2, 0.25) is 5.02 Å². The molecule has 27 heavy (non-hydrogen) atoms. The van der Waals surface area contributed by atoms with Crippen LogP contribution in [-0.2, 0) is 9.59 Å². The molecule has 0 aliphatic rings. The van der Waals surface area contributed by atoms with E-state index < -0.39 is 0 Å². The van der Waals surface area contributed by atoms with Crippen LogP contribution in [0.1, 0.15) is 17.3 Å². The van der Waals surface area contributed by atoms with Crippen molar-refractivity contribution >= 4 is 35.0 Å². The highest BCUT2D eigenvalue weighted by Crippen LogP contribution is 2.17. The Morgan fingerprint density at radius 2 is 1.70 bits per heavy atom. The van der Waals surface area contributed by atoms with E-state index in [1.807, 2.05) is 0 Å². The molecule has 0 saturated carbocycles. The van der Waals surface area contributed by atoms with Gasteiger partial charge in [-0.1, -0.05) is 17.7 Å². The highest BCUT2D eigenvalue weighted by Gasteiger charge is 2.07. The molecular formula is C19H20ClN3O4. The molecule has 0 heterocycles. The van der Waals surface area contributed by atoms with Crippen molar-refractivity contribution in [3.05, 3.63) is 59.1 Å². The van der Waals surface area contributed by atoms with Crippen molar-refractivity contribution in [1.29, 1.82) is 0 Å². The van der Waals surface area contributed by atoms with Crippen LogP contribution in [0, 0.1) is 0 Å². The van der Waals surface area contributed by atoms with E-state index in [1.165, 1.54) is 6.92 Å². The van der Waals surface area contributed by atoms with Gasteiger partial charge in [0, 0.05) is 36.3 Å². The molecule has 142 valence electrons. The lowest BCUT2D eigenvalue weighted by Gasteiger charge is -2.09. The molecule has 0 radical (unpaired) electrons. The quantitative estimate of drug-likeness (QED) is 0.603. The average Bonchev–Trinajstić information content (AvgIpc) is 2.64. The summed E-state index contributed by atoms with van der Waals surface area (Å²) in [4.78, 5) is 34.7. The van der Waals surface area contributed by atoms with Crippen LogP contribution < -0.4 is 20.7 Å². The first-order chi connectivity index (χ1) is 12.9. The topological polar surface area (TPSA) is 96.5 Å². The van der Waals surface area contributed by atoms with E-state index in [9.17, 15) is 14.4 Å². The second-order valence-electron chi connectivity index (χ2n) is 5.61. The number of anilines is 1. The molecule has 2 aromatic carbocycles. The molecule has 0 aliphatic heterocycles. The Morgan fingerprint density at radius 3 is 2.37 bits per heavy atom. The van der Waals surface area contributed by atoms with Crippen LogP contribution in [-0.4, -0.2) is 37.4 Å². The Labute approximate surface area is 162 Å². The summed E-state index contributed by atoms with van der Waals surface area (Å²) in [6, 6.07) is 13.2. The first-order valence-corrected chi connectivity index (χ1v) is 8.63. The smallest absolute Gasteiger partial charge is 0.262 e. The highest BCUT2D eigenvalue weighted by atomic mass is 35.5. The van der Waals surface area contributed by atoms with Crippen LogP contribution >= 0.6 is 11.6 Å². The minimum absolute atomic E-state index is 0.149. The molecule has 0 saturated heterocycles. The third-order valence-corrected chi connectivity index (χ3v) is 3.62. The number of ether oxygens (including phenoxy) is 1. The zero-order valence-corrected chi connectivity index (χ0v) is 15.5. The van der Waals surface area contributed by atoms with E-state index in [-0.39, 0.29) is 24.3 Å². The molecule has 7 nitrogen and oxygen atoms in total. The van der Waals surface area contributed by atoms with Gasteiger partial charge in [-0.05, 0) is 42.5 Å². The maximum absolute atomic E-state index is 12.0. The molecule has 0 aliphatic carbocycles. The van der Waals surface area contributed by atoms with Crippen molar-refractivity contribution in [2.24, 2.45) is 0 Å². The molecule has 0 spiro atoms. The van der Waals surface area contributed by atoms with Gasteiger partial charge >= 0.3 is 0 Å². The van der Waals surface area contributed by atoms with Crippen LogP contribution in [0.15, 0.2) is 48.5 Å². The molecule has 2 aromatic rings. The number of nitrogens with one attached hydrogen (secondary N) is 3. The number of hydrogen-bond donors (Lipinski definition) is 3. The van der Waals surface area contributed by atoms with Gasteiger partial charge < -0.3 is 20.7 Å². The minimum atomic E-state index is -0.331. The average molecular weight is 390 g/mol. The van der Waals surface area contributed by atoms with Gasteiger partial charge in [-0.3, -0.25) is 14.4 Å². The molecule has 0 bridgehead atoms. The maximum Gasteiger partial charge on any atom is 0.262 e. The van der Waals surface area contributed by atoms with Gasteiger partial charge in [-0.25, -0.2) is 0 Å². The van der Waals surface area contributed by atoms with Crippen molar-refractivity contribution in [1.82, 2.24) is 10.6 Å². The summed E-state index contributed by atoms with van der Waals surface area (Å²) in [5.41, 5.74) is 0.996. The maximum atomic E-state index is 12.0. The monoisotopic (exact) mass is 389 g/mol. The molecule has 0 aromatic heterocycles. The largest absolute Gasteiger partial charge is 0.484 e. The number of halogens is 1. The Bertz CT molecular complexity index is 809. The lowest BCUT2D eigenvalue weighted by atomic mass is 10.2. The van der Waals surface area contributed by atoms with E-state index in [1.54, 1.807) is 48.5 Å². The molecule has 3 amide bonds. The lowest BCUT2D eigenvalue weighted by molar-refractivity contribution is -0.119. The van der Waals surface area contributed by atoms with Crippen LogP contribution in [0.3, 0.4) is 0 Å². The van der Waals surface area contributed by atoms with Gasteiger partial charge in [0.1, 0.15) is 5.75 Å². The molecule has 8 heteroatoms. The summed E-state index contributed by atoms with van der Waals surface area (Å²) in [7, 11) is 0. The molecular weight excluding hydrogens is 370 g/mol. The fraction of sp³-hybridized carbons (Fsp3) is 0.211. The summed E-state index contributed by atoms with van der Waals surface area (Å²) in [6.45, 7) is 1.94. The minimum Gasteiger partial charge on any atom is -0.484 e. The second kappa shape index (κ2) is 10.2. The van der Waals surface area contributed by atoms with Gasteiger partial charge in [-0.15, -0.1) is 0 Å². The third kappa shape index (κ3) is 7.37. The van der Waals surface area contributed by atoms with Gasteiger partial charge in [-0.2, -0.15) is 0 Å². The summed E-state index contributed by atoms with van der Waals surface area (Å²) >= 11 is 5.85. The summed E-state index contributed by atoms with van der Waals surface area (Å²) in [5.74, 6) is -0.238. The normalized spacial score (nSPS) is 10.0. The lowest BCUT2D eigenvalue weighted by Crippen LogP contribution is -2.33. The summed E-state index contributed by atoms with van der Waals surface area (Å²) in [5, 5.41) is 8.48. The van der Waals surface area contributed by atoms with Crippen LogP contribution in [0.25, 0.3) is 0 Å². The first kappa shape index (κ1) is 20.3. The number of hydrogen-bond acceptors (Lipinski definition) is 4. The predicted molar refractivity (Wildman–Crippen MR) is 103 cm³/mol. The first-order valence-electron chi connectivity index (χ1n) is 8.25. The van der Waals surface area contributed by atoms with Crippen molar-refractivity contribution < 1.29 is 19.1 Å². The molecule has 0 atom stereocenters. The zero-order valence-electron chi connectivity index (χ0n) is 14.8. The predicted octanol–water partition coefficient (Wildman–Crippen LogP) is 2.22. The standard InChI is InChI=1S/C19H20ClN3O4/c1-13(24)21-9-10-22-19(26)14-5-7-16(8-6-14)23-18(25)12-27-17-4-2-3-15(20)11-17/h2-8,11H,9-10,12H2,1H3,(H,21,24)(H,22,26)(H,23,25). The fourth-order valence-corrected chi connectivity index (χ4v) is 2.30. The SMILES string of the molecule is CC(=O)NCCNC(=O)c1ccc(NC(=O)COc2cccc(Cl)c2)cc1. The summed E-state index contributed by atoms with van der Waals surface area (Å²) < 4.78 is 5.36.